The van der Waals surface area contributed by atoms with Gasteiger partial charge in [0.05, 0.1) is 11.6 Å². The van der Waals surface area contributed by atoms with Gasteiger partial charge < -0.3 is 15.3 Å². The Morgan fingerprint density at radius 3 is 2.85 bits per heavy atom. The molecule has 1 fully saturated rings. The van der Waals surface area contributed by atoms with E-state index < -0.39 is 0 Å². The fraction of sp³-hybridized carbons (Fsp3) is 0.421. The van der Waals surface area contributed by atoms with E-state index in [4.69, 9.17) is 0 Å². The molecule has 1 saturated heterocycles. The fourth-order valence-corrected chi connectivity index (χ4v) is 3.71. The number of piperidine rings is 1. The van der Waals surface area contributed by atoms with E-state index in [2.05, 4.69) is 32.6 Å². The molecule has 1 atom stereocenters. The van der Waals surface area contributed by atoms with E-state index >= 15 is 0 Å². The van der Waals surface area contributed by atoms with Crippen LogP contribution in [0.1, 0.15) is 18.4 Å². The van der Waals surface area contributed by atoms with Crippen molar-refractivity contribution in [3.8, 4) is 17.0 Å². The van der Waals surface area contributed by atoms with E-state index in [-0.39, 0.29) is 5.75 Å². The Morgan fingerprint density at radius 1 is 1.23 bits per heavy atom. The Hall–Kier alpha value is -2.67. The molecule has 0 amide bonds. The summed E-state index contributed by atoms with van der Waals surface area (Å²) in [6, 6.07) is 5.93. The molecular formula is C19H24N6O. The smallest absolute Gasteiger partial charge is 0.175 e. The van der Waals surface area contributed by atoms with Gasteiger partial charge in [-0.3, -0.25) is 4.68 Å². The Bertz CT molecular complexity index is 951. The van der Waals surface area contributed by atoms with Gasteiger partial charge in [-0.05, 0) is 51.1 Å². The number of hydrogen-bond acceptors (Lipinski definition) is 6. The molecule has 0 aliphatic carbocycles. The molecule has 0 bridgehead atoms. The van der Waals surface area contributed by atoms with E-state index in [1.54, 1.807) is 12.3 Å². The van der Waals surface area contributed by atoms with E-state index in [0.29, 0.717) is 17.3 Å². The van der Waals surface area contributed by atoms with Crippen molar-refractivity contribution >= 4 is 16.7 Å². The number of hydrogen-bond donors (Lipinski definition) is 2. The third-order valence-electron chi connectivity index (χ3n) is 5.04. The third-order valence-corrected chi connectivity index (χ3v) is 5.04. The van der Waals surface area contributed by atoms with Crippen molar-refractivity contribution in [2.75, 3.05) is 25.5 Å². The van der Waals surface area contributed by atoms with Crippen molar-refractivity contribution in [2.45, 2.75) is 25.8 Å². The van der Waals surface area contributed by atoms with E-state index in [1.165, 1.54) is 6.42 Å². The maximum absolute atomic E-state index is 10.4. The topological polar surface area (TPSA) is 79.1 Å². The SMILES string of the molecule is Cc1ccc(-c2nnc(N[C@@H]3CCCN(C)C3)c3c2cnn3C)c(O)c1. The maximum atomic E-state index is 10.4. The van der Waals surface area contributed by atoms with Gasteiger partial charge in [-0.15, -0.1) is 10.2 Å². The molecule has 2 N–H and O–H groups in total. The number of likely N-dealkylation sites (N-methyl/N-ethyl adjacent to an activating group) is 1. The number of likely N-dealkylation sites (tertiary alicyclic amines) is 1. The van der Waals surface area contributed by atoms with Crippen molar-refractivity contribution in [1.29, 1.82) is 0 Å². The van der Waals surface area contributed by atoms with Crippen molar-refractivity contribution in [3.05, 3.63) is 30.0 Å². The lowest BCUT2D eigenvalue weighted by molar-refractivity contribution is 0.261. The van der Waals surface area contributed by atoms with Gasteiger partial charge >= 0.3 is 0 Å². The van der Waals surface area contributed by atoms with Crippen LogP contribution in [0.5, 0.6) is 5.75 Å². The molecule has 0 spiro atoms. The minimum atomic E-state index is 0.207. The average molecular weight is 352 g/mol. The molecule has 3 heterocycles. The van der Waals surface area contributed by atoms with Crippen molar-refractivity contribution in [2.24, 2.45) is 7.05 Å². The van der Waals surface area contributed by atoms with E-state index in [1.807, 2.05) is 30.8 Å². The number of rotatable bonds is 3. The highest BCUT2D eigenvalue weighted by molar-refractivity contribution is 5.98. The molecule has 0 radical (unpaired) electrons. The molecule has 7 heteroatoms. The Morgan fingerprint density at radius 2 is 2.08 bits per heavy atom. The van der Waals surface area contributed by atoms with Crippen LogP contribution in [0.2, 0.25) is 0 Å². The molecule has 0 unspecified atom stereocenters. The van der Waals surface area contributed by atoms with Crippen LogP contribution in [-0.4, -0.2) is 56.2 Å². The highest BCUT2D eigenvalue weighted by atomic mass is 16.3. The number of nitrogens with zero attached hydrogens (tertiary/aromatic N) is 5. The number of aromatic hydroxyl groups is 1. The minimum absolute atomic E-state index is 0.207. The summed E-state index contributed by atoms with van der Waals surface area (Å²) in [5, 5.41) is 28.1. The summed E-state index contributed by atoms with van der Waals surface area (Å²) in [6.07, 6.45) is 4.08. The van der Waals surface area contributed by atoms with Gasteiger partial charge in [-0.1, -0.05) is 6.07 Å². The predicted octanol–water partition coefficient (Wildman–Crippen LogP) is 2.55. The monoisotopic (exact) mass is 352 g/mol. The summed E-state index contributed by atoms with van der Waals surface area (Å²) in [6.45, 7) is 4.07. The first-order valence-corrected chi connectivity index (χ1v) is 8.96. The summed E-state index contributed by atoms with van der Waals surface area (Å²) in [4.78, 5) is 2.33. The van der Waals surface area contributed by atoms with Crippen molar-refractivity contribution < 1.29 is 5.11 Å². The summed E-state index contributed by atoms with van der Waals surface area (Å²) >= 11 is 0. The number of anilines is 1. The molecule has 0 saturated carbocycles. The second kappa shape index (κ2) is 6.57. The average Bonchev–Trinajstić information content (AvgIpc) is 2.98. The van der Waals surface area contributed by atoms with Gasteiger partial charge in [0.2, 0.25) is 0 Å². The van der Waals surface area contributed by atoms with Gasteiger partial charge in [0.25, 0.3) is 0 Å². The number of benzene rings is 1. The number of phenols is 1. The Kier molecular flexibility index (Phi) is 4.24. The van der Waals surface area contributed by atoms with Crippen LogP contribution < -0.4 is 5.32 Å². The second-order valence-electron chi connectivity index (χ2n) is 7.19. The quantitative estimate of drug-likeness (QED) is 0.754. The summed E-state index contributed by atoms with van der Waals surface area (Å²) in [5.41, 5.74) is 3.23. The molecule has 2 aromatic heterocycles. The zero-order valence-corrected chi connectivity index (χ0v) is 15.4. The first-order valence-electron chi connectivity index (χ1n) is 8.96. The lowest BCUT2D eigenvalue weighted by atomic mass is 10.0. The van der Waals surface area contributed by atoms with Crippen molar-refractivity contribution in [1.82, 2.24) is 24.9 Å². The number of aryl methyl sites for hydroxylation is 2. The van der Waals surface area contributed by atoms with E-state index in [0.717, 1.165) is 41.8 Å². The van der Waals surface area contributed by atoms with Gasteiger partial charge in [0.1, 0.15) is 17.0 Å². The lowest BCUT2D eigenvalue weighted by Crippen LogP contribution is -2.40. The summed E-state index contributed by atoms with van der Waals surface area (Å²) in [5.74, 6) is 0.953. The zero-order chi connectivity index (χ0) is 18.3. The van der Waals surface area contributed by atoms with Crippen LogP contribution in [0.3, 0.4) is 0 Å². The third kappa shape index (κ3) is 2.99. The molecule has 1 aromatic carbocycles. The van der Waals surface area contributed by atoms with Gasteiger partial charge in [0, 0.05) is 25.2 Å². The minimum Gasteiger partial charge on any atom is -0.507 e. The molecule has 26 heavy (non-hydrogen) atoms. The molecule has 4 rings (SSSR count). The van der Waals surface area contributed by atoms with Crippen LogP contribution in [0.4, 0.5) is 5.82 Å². The molecule has 136 valence electrons. The van der Waals surface area contributed by atoms with Crippen LogP contribution >= 0.6 is 0 Å². The van der Waals surface area contributed by atoms with Crippen LogP contribution in [0.25, 0.3) is 22.2 Å². The molecule has 3 aromatic rings. The Labute approximate surface area is 152 Å². The first-order chi connectivity index (χ1) is 12.5. The van der Waals surface area contributed by atoms with Crippen LogP contribution in [-0.2, 0) is 7.05 Å². The van der Waals surface area contributed by atoms with E-state index in [9.17, 15) is 5.11 Å². The Balaban J connectivity index is 1.76. The number of aromatic nitrogens is 4. The second-order valence-corrected chi connectivity index (χ2v) is 7.19. The van der Waals surface area contributed by atoms with Gasteiger partial charge in [-0.2, -0.15) is 5.10 Å². The summed E-state index contributed by atoms with van der Waals surface area (Å²) in [7, 11) is 4.05. The van der Waals surface area contributed by atoms with Crippen LogP contribution in [0.15, 0.2) is 24.4 Å². The normalized spacial score (nSPS) is 18.3. The van der Waals surface area contributed by atoms with Crippen LogP contribution in [0, 0.1) is 6.92 Å². The highest BCUT2D eigenvalue weighted by Gasteiger charge is 2.21. The number of fused-ring (bicyclic) bond motifs is 1. The standard InChI is InChI=1S/C19H24N6O/c1-12-6-7-14(16(26)9-12)17-15-10-20-25(3)18(15)19(23-22-17)21-13-5-4-8-24(2)11-13/h6-7,9-10,13,26H,4-5,8,11H2,1-3H3,(H,21,23)/t13-/m1/s1. The number of nitrogens with one attached hydrogen (secondary N) is 1. The summed E-state index contributed by atoms with van der Waals surface area (Å²) < 4.78 is 1.81. The zero-order valence-electron chi connectivity index (χ0n) is 15.4. The van der Waals surface area contributed by atoms with Gasteiger partial charge in [0.15, 0.2) is 5.82 Å². The largest absolute Gasteiger partial charge is 0.507 e. The molecule has 1 aliphatic rings. The maximum Gasteiger partial charge on any atom is 0.175 e. The molecule has 7 nitrogen and oxygen atoms in total. The first kappa shape index (κ1) is 16.8. The van der Waals surface area contributed by atoms with Crippen molar-refractivity contribution in [3.63, 3.8) is 0 Å². The predicted molar refractivity (Wildman–Crippen MR) is 102 cm³/mol. The molecular weight excluding hydrogens is 328 g/mol. The lowest BCUT2D eigenvalue weighted by Gasteiger charge is -2.30. The number of phenolic OH excluding ortho intramolecular Hbond substituents is 1. The van der Waals surface area contributed by atoms with Gasteiger partial charge in [-0.25, -0.2) is 0 Å². The molecule has 1 aliphatic heterocycles. The fourth-order valence-electron chi connectivity index (χ4n) is 3.71. The highest BCUT2D eigenvalue weighted by Crippen LogP contribution is 2.35.